The van der Waals surface area contributed by atoms with Crippen LogP contribution in [0.1, 0.15) is 72.1 Å². The van der Waals surface area contributed by atoms with E-state index in [4.69, 9.17) is 0 Å². The summed E-state index contributed by atoms with van der Waals surface area (Å²) in [6.07, 6.45) is 9.80. The summed E-state index contributed by atoms with van der Waals surface area (Å²) in [5.41, 5.74) is 1.12. The van der Waals surface area contributed by atoms with Gasteiger partial charge in [0.2, 0.25) is 0 Å². The Hall–Kier alpha value is -0.910. The molecular formula is C18H24INO2. The average Bonchev–Trinajstić information content (AvgIpc) is 2.78. The number of hydrogen-bond acceptors (Lipinski definition) is 2. The Labute approximate surface area is 146 Å². The van der Waals surface area contributed by atoms with Crippen molar-refractivity contribution in [2.24, 2.45) is 0 Å². The summed E-state index contributed by atoms with van der Waals surface area (Å²) in [6.45, 7) is 0.557. The Balaban J connectivity index is 1.63. The average molecular weight is 413 g/mol. The third kappa shape index (κ3) is 4.54. The number of benzene rings is 1. The van der Waals surface area contributed by atoms with Gasteiger partial charge in [0, 0.05) is 6.54 Å². The van der Waals surface area contributed by atoms with Crippen molar-refractivity contribution in [1.29, 1.82) is 0 Å². The Morgan fingerprint density at radius 3 is 1.68 bits per heavy atom. The van der Waals surface area contributed by atoms with Gasteiger partial charge in [0.05, 0.1) is 11.1 Å². The van der Waals surface area contributed by atoms with E-state index in [0.717, 1.165) is 12.8 Å². The van der Waals surface area contributed by atoms with Crippen molar-refractivity contribution in [2.45, 2.75) is 51.4 Å². The lowest BCUT2D eigenvalue weighted by atomic mass is 10.1. The van der Waals surface area contributed by atoms with Crippen LogP contribution in [-0.2, 0) is 0 Å². The number of amides is 2. The minimum absolute atomic E-state index is 0.126. The molecular weight excluding hydrogens is 389 g/mol. The monoisotopic (exact) mass is 413 g/mol. The van der Waals surface area contributed by atoms with Crippen LogP contribution >= 0.6 is 22.6 Å². The highest BCUT2D eigenvalue weighted by molar-refractivity contribution is 14.1. The summed E-state index contributed by atoms with van der Waals surface area (Å²) in [5.74, 6) is -0.251. The number of hydrogen-bond donors (Lipinski definition) is 0. The fourth-order valence-electron chi connectivity index (χ4n) is 2.87. The number of carbonyl (C=O) groups is 2. The molecule has 0 aromatic heterocycles. The van der Waals surface area contributed by atoms with Crippen LogP contribution in [0.2, 0.25) is 0 Å². The molecule has 0 saturated carbocycles. The van der Waals surface area contributed by atoms with Crippen molar-refractivity contribution in [2.75, 3.05) is 11.0 Å². The number of fused-ring (bicyclic) bond motifs is 1. The first-order valence-corrected chi connectivity index (χ1v) is 9.79. The quantitative estimate of drug-likeness (QED) is 0.238. The lowest BCUT2D eigenvalue weighted by Crippen LogP contribution is -2.30. The number of alkyl halides is 1. The van der Waals surface area contributed by atoms with Crippen molar-refractivity contribution in [3.63, 3.8) is 0 Å². The van der Waals surface area contributed by atoms with Crippen LogP contribution in [0, 0.1) is 0 Å². The first-order chi connectivity index (χ1) is 10.8. The van der Waals surface area contributed by atoms with Crippen LogP contribution in [0.5, 0.6) is 0 Å². The van der Waals surface area contributed by atoms with Crippen molar-refractivity contribution < 1.29 is 9.59 Å². The summed E-state index contributed by atoms with van der Waals surface area (Å²) in [6, 6.07) is 7.10. The molecule has 3 nitrogen and oxygen atoms in total. The number of halogens is 1. The molecule has 0 spiro atoms. The molecule has 0 unspecified atom stereocenters. The largest absolute Gasteiger partial charge is 0.274 e. The molecule has 1 aliphatic heterocycles. The smallest absolute Gasteiger partial charge is 0.261 e. The predicted molar refractivity (Wildman–Crippen MR) is 97.6 cm³/mol. The Bertz CT molecular complexity index is 481. The van der Waals surface area contributed by atoms with E-state index in [9.17, 15) is 9.59 Å². The molecule has 2 amide bonds. The summed E-state index contributed by atoms with van der Waals surface area (Å²) < 4.78 is 1.26. The molecule has 120 valence electrons. The molecule has 22 heavy (non-hydrogen) atoms. The maximum absolute atomic E-state index is 12.2. The van der Waals surface area contributed by atoms with Gasteiger partial charge in [0.15, 0.2) is 0 Å². The SMILES string of the molecule is O=C1c2ccccc2C(=O)N1CCCCCCCCCCI. The lowest BCUT2D eigenvalue weighted by molar-refractivity contribution is 0.0651. The number of unbranched alkanes of at least 4 members (excludes halogenated alkanes) is 7. The molecule has 2 rings (SSSR count). The normalized spacial score (nSPS) is 13.8. The topological polar surface area (TPSA) is 37.4 Å². The van der Waals surface area contributed by atoms with E-state index in [1.54, 1.807) is 12.1 Å². The van der Waals surface area contributed by atoms with Gasteiger partial charge in [0.1, 0.15) is 0 Å². The highest BCUT2D eigenvalue weighted by atomic mass is 127. The van der Waals surface area contributed by atoms with Gasteiger partial charge >= 0.3 is 0 Å². The lowest BCUT2D eigenvalue weighted by Gasteiger charge is -2.13. The second kappa shape index (κ2) is 9.28. The van der Waals surface area contributed by atoms with E-state index >= 15 is 0 Å². The van der Waals surface area contributed by atoms with Gasteiger partial charge in [-0.25, -0.2) is 0 Å². The van der Waals surface area contributed by atoms with Crippen molar-refractivity contribution in [3.8, 4) is 0 Å². The number of rotatable bonds is 10. The van der Waals surface area contributed by atoms with E-state index in [1.807, 2.05) is 12.1 Å². The molecule has 0 bridgehead atoms. The van der Waals surface area contributed by atoms with Crippen LogP contribution in [0.15, 0.2) is 24.3 Å². The molecule has 1 heterocycles. The van der Waals surface area contributed by atoms with E-state index < -0.39 is 0 Å². The van der Waals surface area contributed by atoms with Crippen LogP contribution in [0.25, 0.3) is 0 Å². The second-order valence-electron chi connectivity index (χ2n) is 5.82. The van der Waals surface area contributed by atoms with Gasteiger partial charge in [-0.2, -0.15) is 0 Å². The summed E-state index contributed by atoms with van der Waals surface area (Å²) in [7, 11) is 0. The molecule has 0 atom stereocenters. The zero-order valence-corrected chi connectivity index (χ0v) is 15.2. The first kappa shape index (κ1) is 17.4. The zero-order chi connectivity index (χ0) is 15.8. The predicted octanol–water partition coefficient (Wildman–Crippen LogP) is 4.84. The van der Waals surface area contributed by atoms with E-state index in [-0.39, 0.29) is 11.8 Å². The van der Waals surface area contributed by atoms with Crippen LogP contribution in [0.4, 0.5) is 0 Å². The van der Waals surface area contributed by atoms with E-state index in [2.05, 4.69) is 22.6 Å². The summed E-state index contributed by atoms with van der Waals surface area (Å²) in [5, 5.41) is 0. The minimum atomic E-state index is -0.126. The van der Waals surface area contributed by atoms with Gasteiger partial charge < -0.3 is 0 Å². The molecule has 4 heteroatoms. The van der Waals surface area contributed by atoms with Gasteiger partial charge in [0.25, 0.3) is 11.8 Å². The van der Waals surface area contributed by atoms with Gasteiger partial charge in [-0.05, 0) is 29.4 Å². The highest BCUT2D eigenvalue weighted by Crippen LogP contribution is 2.22. The van der Waals surface area contributed by atoms with Crippen LogP contribution in [-0.4, -0.2) is 27.7 Å². The van der Waals surface area contributed by atoms with E-state index in [0.29, 0.717) is 17.7 Å². The number of carbonyl (C=O) groups excluding carboxylic acids is 2. The van der Waals surface area contributed by atoms with Crippen LogP contribution in [0.3, 0.4) is 0 Å². The minimum Gasteiger partial charge on any atom is -0.274 e. The first-order valence-electron chi connectivity index (χ1n) is 8.27. The molecule has 1 aliphatic rings. The number of nitrogens with zero attached hydrogens (tertiary/aromatic N) is 1. The van der Waals surface area contributed by atoms with Crippen molar-refractivity contribution in [3.05, 3.63) is 35.4 Å². The maximum atomic E-state index is 12.2. The zero-order valence-electron chi connectivity index (χ0n) is 13.0. The maximum Gasteiger partial charge on any atom is 0.261 e. The Kier molecular flexibility index (Phi) is 7.36. The molecule has 0 saturated heterocycles. The van der Waals surface area contributed by atoms with Gasteiger partial charge in [-0.15, -0.1) is 0 Å². The highest BCUT2D eigenvalue weighted by Gasteiger charge is 2.34. The fourth-order valence-corrected chi connectivity index (χ4v) is 3.41. The summed E-state index contributed by atoms with van der Waals surface area (Å²) >= 11 is 2.43. The molecule has 1 aromatic carbocycles. The molecule has 0 radical (unpaired) electrons. The molecule has 1 aromatic rings. The van der Waals surface area contributed by atoms with Gasteiger partial charge in [-0.1, -0.05) is 73.2 Å². The third-order valence-corrected chi connectivity index (χ3v) is 4.91. The summed E-state index contributed by atoms with van der Waals surface area (Å²) in [4.78, 5) is 25.8. The molecule has 0 fully saturated rings. The Morgan fingerprint density at radius 1 is 0.727 bits per heavy atom. The standard InChI is InChI=1S/C18H24INO2/c19-13-9-5-3-1-2-4-6-10-14-20-17(21)15-11-7-8-12-16(15)18(20)22/h7-8,11-12H,1-6,9-10,13-14H2. The van der Waals surface area contributed by atoms with E-state index in [1.165, 1.54) is 47.9 Å². The molecule has 0 N–H and O–H groups in total. The number of imide groups is 1. The van der Waals surface area contributed by atoms with Gasteiger partial charge in [-0.3, -0.25) is 14.5 Å². The fraction of sp³-hybridized carbons (Fsp3) is 0.556. The van der Waals surface area contributed by atoms with Crippen molar-refractivity contribution in [1.82, 2.24) is 4.90 Å². The Morgan fingerprint density at radius 2 is 1.18 bits per heavy atom. The molecule has 0 aliphatic carbocycles. The second-order valence-corrected chi connectivity index (χ2v) is 6.90. The third-order valence-electron chi connectivity index (χ3n) is 4.14. The van der Waals surface area contributed by atoms with Crippen molar-refractivity contribution >= 4 is 34.4 Å². The van der Waals surface area contributed by atoms with Crippen LogP contribution < -0.4 is 0 Å².